The summed E-state index contributed by atoms with van der Waals surface area (Å²) in [6.07, 6.45) is -0.124. The fourth-order valence-electron chi connectivity index (χ4n) is 0.761. The topological polar surface area (TPSA) is 108 Å². The van der Waals surface area contributed by atoms with Crippen molar-refractivity contribution in [1.82, 2.24) is 9.97 Å². The fraction of sp³-hybridized carbons (Fsp3) is 0.143. The second-order valence-corrected chi connectivity index (χ2v) is 2.16. The van der Waals surface area contributed by atoms with Crippen molar-refractivity contribution in [3.63, 3.8) is 0 Å². The molecule has 0 aliphatic heterocycles. The minimum Gasteiger partial charge on any atom is -0.479 e. The number of amides is 1. The SMILES string of the molecule is COc1nc(NC(=O)O)cnc1C#N. The fourth-order valence-corrected chi connectivity index (χ4v) is 0.761. The van der Waals surface area contributed by atoms with E-state index in [2.05, 4.69) is 9.97 Å². The maximum absolute atomic E-state index is 10.2. The van der Waals surface area contributed by atoms with Crippen LogP contribution in [-0.4, -0.2) is 28.3 Å². The van der Waals surface area contributed by atoms with Crippen molar-refractivity contribution in [2.45, 2.75) is 0 Å². The molecular weight excluding hydrogens is 188 g/mol. The third-order valence-corrected chi connectivity index (χ3v) is 1.27. The summed E-state index contributed by atoms with van der Waals surface area (Å²) in [7, 11) is 1.31. The number of hydrogen-bond acceptors (Lipinski definition) is 5. The second kappa shape index (κ2) is 4.04. The Morgan fingerprint density at radius 3 is 3.00 bits per heavy atom. The van der Waals surface area contributed by atoms with E-state index in [1.807, 2.05) is 5.32 Å². The molecule has 1 aromatic rings. The molecule has 0 atom stereocenters. The molecule has 0 unspecified atom stereocenters. The second-order valence-electron chi connectivity index (χ2n) is 2.16. The number of methoxy groups -OCH3 is 1. The van der Waals surface area contributed by atoms with Crippen LogP contribution in [0.3, 0.4) is 0 Å². The van der Waals surface area contributed by atoms with Gasteiger partial charge in [0.15, 0.2) is 5.82 Å². The molecule has 0 aromatic carbocycles. The monoisotopic (exact) mass is 194 g/mol. The lowest BCUT2D eigenvalue weighted by Crippen LogP contribution is -2.10. The quantitative estimate of drug-likeness (QED) is 0.707. The molecule has 0 saturated heterocycles. The molecule has 0 radical (unpaired) electrons. The molecule has 1 amide bonds. The van der Waals surface area contributed by atoms with Gasteiger partial charge in [0.05, 0.1) is 13.3 Å². The Morgan fingerprint density at radius 2 is 2.50 bits per heavy atom. The Morgan fingerprint density at radius 1 is 1.79 bits per heavy atom. The van der Waals surface area contributed by atoms with E-state index in [0.29, 0.717) is 0 Å². The van der Waals surface area contributed by atoms with Crippen molar-refractivity contribution < 1.29 is 14.6 Å². The number of carboxylic acid groups (broad SMARTS) is 1. The lowest BCUT2D eigenvalue weighted by Gasteiger charge is -2.03. The number of nitrogens with one attached hydrogen (secondary N) is 1. The van der Waals surface area contributed by atoms with Crippen molar-refractivity contribution in [3.8, 4) is 11.9 Å². The first kappa shape index (κ1) is 9.73. The molecule has 72 valence electrons. The van der Waals surface area contributed by atoms with Crippen LogP contribution in [-0.2, 0) is 0 Å². The molecular formula is C7H6N4O3. The Balaban J connectivity index is 3.03. The summed E-state index contributed by atoms with van der Waals surface area (Å²) in [6.45, 7) is 0. The third-order valence-electron chi connectivity index (χ3n) is 1.27. The maximum atomic E-state index is 10.2. The summed E-state index contributed by atoms with van der Waals surface area (Å²) in [6, 6.07) is 1.75. The number of nitriles is 1. The van der Waals surface area contributed by atoms with E-state index in [1.165, 1.54) is 7.11 Å². The molecule has 1 heterocycles. The van der Waals surface area contributed by atoms with Crippen LogP contribution in [0.1, 0.15) is 5.69 Å². The maximum Gasteiger partial charge on any atom is 0.410 e. The van der Waals surface area contributed by atoms with Gasteiger partial charge in [-0.2, -0.15) is 10.2 Å². The highest BCUT2D eigenvalue weighted by Crippen LogP contribution is 2.13. The van der Waals surface area contributed by atoms with Crippen LogP contribution in [0, 0.1) is 11.3 Å². The third kappa shape index (κ3) is 2.07. The van der Waals surface area contributed by atoms with Gasteiger partial charge in [0.1, 0.15) is 6.07 Å². The first-order chi connectivity index (χ1) is 6.67. The van der Waals surface area contributed by atoms with Crippen LogP contribution in [0.25, 0.3) is 0 Å². The number of ether oxygens (including phenoxy) is 1. The lowest BCUT2D eigenvalue weighted by atomic mass is 10.4. The highest BCUT2D eigenvalue weighted by Gasteiger charge is 2.08. The van der Waals surface area contributed by atoms with Crippen molar-refractivity contribution in [3.05, 3.63) is 11.9 Å². The Bertz CT molecular complexity index is 398. The van der Waals surface area contributed by atoms with Gasteiger partial charge in [0.25, 0.3) is 5.88 Å². The van der Waals surface area contributed by atoms with Crippen molar-refractivity contribution >= 4 is 11.9 Å². The highest BCUT2D eigenvalue weighted by atomic mass is 16.5. The average Bonchev–Trinajstić information content (AvgIpc) is 2.16. The predicted molar refractivity (Wildman–Crippen MR) is 44.9 cm³/mol. The van der Waals surface area contributed by atoms with E-state index >= 15 is 0 Å². The van der Waals surface area contributed by atoms with Gasteiger partial charge in [-0.05, 0) is 0 Å². The van der Waals surface area contributed by atoms with Crippen LogP contribution < -0.4 is 10.1 Å². The van der Waals surface area contributed by atoms with Gasteiger partial charge in [-0.15, -0.1) is 0 Å². The highest BCUT2D eigenvalue weighted by molar-refractivity contribution is 5.81. The molecule has 0 spiro atoms. The molecule has 0 aliphatic carbocycles. The molecule has 7 heteroatoms. The normalized spacial score (nSPS) is 8.86. The molecule has 0 bridgehead atoms. The molecule has 1 rings (SSSR count). The van der Waals surface area contributed by atoms with Gasteiger partial charge in [-0.1, -0.05) is 0 Å². The molecule has 0 fully saturated rings. The summed E-state index contributed by atoms with van der Waals surface area (Å²) < 4.78 is 4.73. The number of nitrogens with zero attached hydrogens (tertiary/aromatic N) is 3. The Labute approximate surface area is 79.0 Å². The van der Waals surface area contributed by atoms with E-state index in [-0.39, 0.29) is 17.4 Å². The Kier molecular flexibility index (Phi) is 2.81. The van der Waals surface area contributed by atoms with Crippen LogP contribution in [0.15, 0.2) is 6.20 Å². The minimum absolute atomic E-state index is 0.00318. The standard InChI is InChI=1S/C7H6N4O3/c1-14-6-4(2-8)9-3-5(10-6)11-7(12)13/h3H,1H3,(H,10,11)(H,12,13). The van der Waals surface area contributed by atoms with Crippen LogP contribution >= 0.6 is 0 Å². The van der Waals surface area contributed by atoms with Gasteiger partial charge >= 0.3 is 6.09 Å². The van der Waals surface area contributed by atoms with Crippen LogP contribution in [0.5, 0.6) is 5.88 Å². The average molecular weight is 194 g/mol. The van der Waals surface area contributed by atoms with Crippen molar-refractivity contribution in [2.75, 3.05) is 12.4 Å². The molecule has 14 heavy (non-hydrogen) atoms. The lowest BCUT2D eigenvalue weighted by molar-refractivity contribution is 0.209. The molecule has 0 saturated carbocycles. The molecule has 2 N–H and O–H groups in total. The summed E-state index contributed by atoms with van der Waals surface area (Å²) in [4.78, 5) is 17.6. The summed E-state index contributed by atoms with van der Waals surface area (Å²) >= 11 is 0. The van der Waals surface area contributed by atoms with E-state index < -0.39 is 6.09 Å². The molecule has 7 nitrogen and oxygen atoms in total. The van der Waals surface area contributed by atoms with E-state index in [4.69, 9.17) is 15.1 Å². The first-order valence-corrected chi connectivity index (χ1v) is 3.48. The van der Waals surface area contributed by atoms with E-state index in [0.717, 1.165) is 6.20 Å². The number of rotatable bonds is 2. The predicted octanol–water partition coefficient (Wildman–Crippen LogP) is 0.447. The number of anilines is 1. The number of carbonyl (C=O) groups is 1. The van der Waals surface area contributed by atoms with Crippen LogP contribution in [0.2, 0.25) is 0 Å². The van der Waals surface area contributed by atoms with Gasteiger partial charge in [0, 0.05) is 0 Å². The van der Waals surface area contributed by atoms with Crippen molar-refractivity contribution in [2.24, 2.45) is 0 Å². The largest absolute Gasteiger partial charge is 0.479 e. The van der Waals surface area contributed by atoms with Gasteiger partial charge in [-0.3, -0.25) is 5.32 Å². The van der Waals surface area contributed by atoms with Gasteiger partial charge in [0.2, 0.25) is 5.69 Å². The summed E-state index contributed by atoms with van der Waals surface area (Å²) in [5.41, 5.74) is 0.00318. The summed E-state index contributed by atoms with van der Waals surface area (Å²) in [5.74, 6) is -0.00731. The van der Waals surface area contributed by atoms with Gasteiger partial charge < -0.3 is 9.84 Å². The number of hydrogen-bond donors (Lipinski definition) is 2. The first-order valence-electron chi connectivity index (χ1n) is 3.48. The Hall–Kier alpha value is -2.36. The van der Waals surface area contributed by atoms with E-state index in [1.54, 1.807) is 6.07 Å². The summed E-state index contributed by atoms with van der Waals surface area (Å²) in [5, 5.41) is 18.9. The number of aromatic nitrogens is 2. The zero-order valence-electron chi connectivity index (χ0n) is 7.18. The minimum atomic E-state index is -1.26. The smallest absolute Gasteiger partial charge is 0.410 e. The zero-order valence-corrected chi connectivity index (χ0v) is 7.18. The molecule has 0 aliphatic rings. The van der Waals surface area contributed by atoms with Crippen LogP contribution in [0.4, 0.5) is 10.6 Å². The van der Waals surface area contributed by atoms with E-state index in [9.17, 15) is 4.79 Å². The van der Waals surface area contributed by atoms with Crippen molar-refractivity contribution in [1.29, 1.82) is 5.26 Å². The zero-order chi connectivity index (χ0) is 10.6. The van der Waals surface area contributed by atoms with Gasteiger partial charge in [-0.25, -0.2) is 9.78 Å². The molecule has 1 aromatic heterocycles.